The van der Waals surface area contributed by atoms with Crippen LogP contribution in [0.25, 0.3) is 0 Å². The van der Waals surface area contributed by atoms with Crippen LogP contribution in [-0.4, -0.2) is 24.0 Å². The lowest BCUT2D eigenvalue weighted by Crippen LogP contribution is -2.41. The summed E-state index contributed by atoms with van der Waals surface area (Å²) in [6.07, 6.45) is 1.98. The number of nitrogens with zero attached hydrogens (tertiary/aromatic N) is 1. The van der Waals surface area contributed by atoms with Crippen molar-refractivity contribution in [3.05, 3.63) is 34.3 Å². The summed E-state index contributed by atoms with van der Waals surface area (Å²) in [7, 11) is 0. The number of carbonyl (C=O) groups excluding carboxylic acids is 1. The molecule has 4 heteroatoms. The molecule has 0 radical (unpaired) electrons. The molecule has 0 aliphatic carbocycles. The lowest BCUT2D eigenvalue weighted by atomic mass is 9.89. The minimum Gasteiger partial charge on any atom is -0.351 e. The molecule has 0 atom stereocenters. The third-order valence-electron chi connectivity index (χ3n) is 3.15. The largest absolute Gasteiger partial charge is 0.351 e. The van der Waals surface area contributed by atoms with E-state index in [1.165, 1.54) is 5.56 Å². The second-order valence-electron chi connectivity index (χ2n) is 4.12. The number of hydrogen-bond donors (Lipinski definition) is 1. The molecule has 2 N–H and O–H groups in total. The first-order chi connectivity index (χ1) is 7.68. The number of piperidine rings is 1. The molecule has 1 aromatic carbocycles. The second-order valence-corrected chi connectivity index (χ2v) is 4.98. The molecule has 16 heavy (non-hydrogen) atoms. The number of nitrogens with two attached hydrogens (primary N) is 1. The predicted octanol–water partition coefficient (Wildman–Crippen LogP) is 2.71. The van der Waals surface area contributed by atoms with Crippen molar-refractivity contribution in [3.63, 3.8) is 0 Å². The standard InChI is InChI=1S/C12H15BrN2O/c13-11-4-2-1-3-10(11)9-5-7-15(8-6-9)12(14)16/h1-4,9H,5-8H2,(H2,14,16). The normalized spacial score (nSPS) is 17.4. The number of primary amides is 1. The third-order valence-corrected chi connectivity index (χ3v) is 3.87. The van der Waals surface area contributed by atoms with E-state index >= 15 is 0 Å². The molecule has 2 rings (SSSR count). The van der Waals surface area contributed by atoms with Gasteiger partial charge in [-0.3, -0.25) is 0 Å². The van der Waals surface area contributed by atoms with Crippen LogP contribution in [0.15, 0.2) is 28.7 Å². The van der Waals surface area contributed by atoms with Gasteiger partial charge in [-0.05, 0) is 30.4 Å². The maximum Gasteiger partial charge on any atom is 0.314 e. The van der Waals surface area contributed by atoms with Crippen LogP contribution in [0.5, 0.6) is 0 Å². The highest BCUT2D eigenvalue weighted by atomic mass is 79.9. The molecule has 1 aliphatic rings. The maximum absolute atomic E-state index is 11.0. The molecule has 0 bridgehead atoms. The van der Waals surface area contributed by atoms with Crippen molar-refractivity contribution in [2.75, 3.05) is 13.1 Å². The zero-order valence-corrected chi connectivity index (χ0v) is 10.6. The molecule has 0 saturated carbocycles. The van der Waals surface area contributed by atoms with Crippen LogP contribution in [0.3, 0.4) is 0 Å². The van der Waals surface area contributed by atoms with E-state index < -0.39 is 0 Å². The van der Waals surface area contributed by atoms with Crippen molar-refractivity contribution in [2.24, 2.45) is 5.73 Å². The minimum atomic E-state index is -0.300. The average molecular weight is 283 g/mol. The maximum atomic E-state index is 11.0. The molecule has 0 unspecified atom stereocenters. The Morgan fingerprint density at radius 2 is 1.94 bits per heavy atom. The summed E-state index contributed by atoms with van der Waals surface area (Å²) in [5, 5.41) is 0. The zero-order valence-electron chi connectivity index (χ0n) is 9.03. The number of likely N-dealkylation sites (tertiary alicyclic amines) is 1. The number of rotatable bonds is 1. The summed E-state index contributed by atoms with van der Waals surface area (Å²) >= 11 is 3.57. The van der Waals surface area contributed by atoms with Gasteiger partial charge in [-0.1, -0.05) is 34.1 Å². The fourth-order valence-electron chi connectivity index (χ4n) is 2.22. The van der Waals surface area contributed by atoms with Gasteiger partial charge in [0.25, 0.3) is 0 Å². The van der Waals surface area contributed by atoms with Crippen molar-refractivity contribution in [1.82, 2.24) is 4.90 Å². The topological polar surface area (TPSA) is 46.3 Å². The van der Waals surface area contributed by atoms with Crippen molar-refractivity contribution in [1.29, 1.82) is 0 Å². The van der Waals surface area contributed by atoms with Crippen LogP contribution in [0.1, 0.15) is 24.3 Å². The van der Waals surface area contributed by atoms with Gasteiger partial charge in [0.1, 0.15) is 0 Å². The van der Waals surface area contributed by atoms with E-state index in [2.05, 4.69) is 34.1 Å². The summed E-state index contributed by atoms with van der Waals surface area (Å²) in [4.78, 5) is 12.7. The van der Waals surface area contributed by atoms with Gasteiger partial charge < -0.3 is 10.6 Å². The highest BCUT2D eigenvalue weighted by Crippen LogP contribution is 2.32. The van der Waals surface area contributed by atoms with Crippen LogP contribution in [0, 0.1) is 0 Å². The Bertz CT molecular complexity index is 386. The van der Waals surface area contributed by atoms with E-state index in [4.69, 9.17) is 5.73 Å². The SMILES string of the molecule is NC(=O)N1CCC(c2ccccc2Br)CC1. The molecule has 86 valence electrons. The van der Waals surface area contributed by atoms with Crippen LogP contribution in [0.2, 0.25) is 0 Å². The molecule has 1 aromatic rings. The Morgan fingerprint density at radius 3 is 2.50 bits per heavy atom. The summed E-state index contributed by atoms with van der Waals surface area (Å²) in [6, 6.07) is 7.99. The van der Waals surface area contributed by atoms with Gasteiger partial charge in [0, 0.05) is 17.6 Å². The van der Waals surface area contributed by atoms with Crippen LogP contribution >= 0.6 is 15.9 Å². The fraction of sp³-hybridized carbons (Fsp3) is 0.417. The van der Waals surface area contributed by atoms with Crippen molar-refractivity contribution in [3.8, 4) is 0 Å². The van der Waals surface area contributed by atoms with E-state index in [1.807, 2.05) is 6.07 Å². The summed E-state index contributed by atoms with van der Waals surface area (Å²) in [5.41, 5.74) is 6.60. The predicted molar refractivity (Wildman–Crippen MR) is 67.3 cm³/mol. The Balaban J connectivity index is 2.05. The zero-order chi connectivity index (χ0) is 11.5. The third kappa shape index (κ3) is 2.38. The van der Waals surface area contributed by atoms with Gasteiger partial charge in [0.2, 0.25) is 0 Å². The van der Waals surface area contributed by atoms with Crippen molar-refractivity contribution in [2.45, 2.75) is 18.8 Å². The van der Waals surface area contributed by atoms with Crippen LogP contribution in [-0.2, 0) is 0 Å². The van der Waals surface area contributed by atoms with Crippen LogP contribution < -0.4 is 5.73 Å². The van der Waals surface area contributed by atoms with Gasteiger partial charge in [-0.15, -0.1) is 0 Å². The molecular weight excluding hydrogens is 268 g/mol. The number of amides is 2. The average Bonchev–Trinajstić information content (AvgIpc) is 2.30. The van der Waals surface area contributed by atoms with Gasteiger partial charge in [-0.2, -0.15) is 0 Å². The van der Waals surface area contributed by atoms with E-state index in [0.717, 1.165) is 30.4 Å². The number of urea groups is 1. The fourth-order valence-corrected chi connectivity index (χ4v) is 2.83. The smallest absolute Gasteiger partial charge is 0.314 e. The highest BCUT2D eigenvalue weighted by molar-refractivity contribution is 9.10. The monoisotopic (exact) mass is 282 g/mol. The summed E-state index contributed by atoms with van der Waals surface area (Å²) in [6.45, 7) is 1.53. The van der Waals surface area contributed by atoms with E-state index in [9.17, 15) is 4.79 Å². The Kier molecular flexibility index (Phi) is 3.49. The highest BCUT2D eigenvalue weighted by Gasteiger charge is 2.23. The molecule has 1 fully saturated rings. The van der Waals surface area contributed by atoms with Crippen molar-refractivity contribution >= 4 is 22.0 Å². The molecule has 1 aliphatic heterocycles. The van der Waals surface area contributed by atoms with Gasteiger partial charge in [0.15, 0.2) is 0 Å². The second kappa shape index (κ2) is 4.87. The van der Waals surface area contributed by atoms with Gasteiger partial charge in [0.05, 0.1) is 0 Å². The lowest BCUT2D eigenvalue weighted by Gasteiger charge is -2.31. The molecule has 1 saturated heterocycles. The lowest BCUT2D eigenvalue weighted by molar-refractivity contribution is 0.190. The summed E-state index contributed by atoms with van der Waals surface area (Å²) in [5.74, 6) is 0.533. The first kappa shape index (κ1) is 11.5. The molecule has 2 amide bonds. The quantitative estimate of drug-likeness (QED) is 0.846. The number of carbonyl (C=O) groups is 1. The number of hydrogen-bond acceptors (Lipinski definition) is 1. The molecule has 0 aromatic heterocycles. The van der Waals surface area contributed by atoms with Crippen LogP contribution in [0.4, 0.5) is 4.79 Å². The Morgan fingerprint density at radius 1 is 1.31 bits per heavy atom. The van der Waals surface area contributed by atoms with E-state index in [1.54, 1.807) is 4.90 Å². The van der Waals surface area contributed by atoms with Gasteiger partial charge >= 0.3 is 6.03 Å². The van der Waals surface area contributed by atoms with E-state index in [-0.39, 0.29) is 6.03 Å². The number of benzene rings is 1. The van der Waals surface area contributed by atoms with Gasteiger partial charge in [-0.25, -0.2) is 4.79 Å². The molecule has 0 spiro atoms. The Labute approximate surface area is 104 Å². The summed E-state index contributed by atoms with van der Waals surface area (Å²) < 4.78 is 1.16. The molecule has 3 nitrogen and oxygen atoms in total. The molecular formula is C12H15BrN2O. The molecule has 1 heterocycles. The Hall–Kier alpha value is -1.03. The first-order valence-electron chi connectivity index (χ1n) is 5.47. The van der Waals surface area contributed by atoms with E-state index in [0.29, 0.717) is 5.92 Å². The minimum absolute atomic E-state index is 0.300. The first-order valence-corrected chi connectivity index (χ1v) is 6.26. The van der Waals surface area contributed by atoms with Crippen molar-refractivity contribution < 1.29 is 4.79 Å². The number of halogens is 1.